The monoisotopic (exact) mass is 261 g/mol. The average molecular weight is 261 g/mol. The third-order valence-electron chi connectivity index (χ3n) is 3.85. The molecule has 19 heavy (non-hydrogen) atoms. The fourth-order valence-corrected chi connectivity index (χ4v) is 2.70. The first-order valence-corrected chi connectivity index (χ1v) is 6.57. The molecule has 1 aliphatic heterocycles. The lowest BCUT2D eigenvalue weighted by atomic mass is 10.2. The number of imidazole rings is 1. The van der Waals surface area contributed by atoms with Crippen molar-refractivity contribution in [3.63, 3.8) is 0 Å². The molecule has 1 saturated heterocycles. The molecule has 1 N–H and O–H groups in total. The number of hydrogen-bond acceptors (Lipinski definition) is 4. The van der Waals surface area contributed by atoms with Crippen molar-refractivity contribution >= 4 is 0 Å². The lowest BCUT2D eigenvalue weighted by Crippen LogP contribution is -2.25. The van der Waals surface area contributed by atoms with Crippen LogP contribution in [0.4, 0.5) is 0 Å². The first-order chi connectivity index (χ1) is 9.28. The van der Waals surface area contributed by atoms with Gasteiger partial charge in [-0.25, -0.2) is 4.98 Å². The molecule has 0 amide bonds. The summed E-state index contributed by atoms with van der Waals surface area (Å²) in [5.41, 5.74) is 1.19. The highest BCUT2D eigenvalue weighted by Gasteiger charge is 2.35. The number of ether oxygens (including phenoxy) is 1. The van der Waals surface area contributed by atoms with E-state index in [0.717, 1.165) is 31.1 Å². The van der Waals surface area contributed by atoms with Crippen molar-refractivity contribution < 1.29 is 9.15 Å². The van der Waals surface area contributed by atoms with Gasteiger partial charge in [-0.1, -0.05) is 0 Å². The van der Waals surface area contributed by atoms with Gasteiger partial charge in [0.25, 0.3) is 0 Å². The highest BCUT2D eigenvalue weighted by molar-refractivity contribution is 5.15. The van der Waals surface area contributed by atoms with Crippen LogP contribution < -0.4 is 0 Å². The molecular formula is C14H19N3O2. The van der Waals surface area contributed by atoms with Crippen LogP contribution in [0.2, 0.25) is 0 Å². The highest BCUT2D eigenvalue weighted by Crippen LogP contribution is 2.33. The van der Waals surface area contributed by atoms with Gasteiger partial charge in [-0.15, -0.1) is 0 Å². The van der Waals surface area contributed by atoms with Crippen LogP contribution in [0, 0.1) is 6.92 Å². The quantitative estimate of drug-likeness (QED) is 0.917. The number of aromatic nitrogens is 2. The molecule has 3 heterocycles. The minimum absolute atomic E-state index is 0.255. The summed E-state index contributed by atoms with van der Waals surface area (Å²) in [5.74, 6) is 2.03. The van der Waals surface area contributed by atoms with Gasteiger partial charge in [0.15, 0.2) is 0 Å². The van der Waals surface area contributed by atoms with Gasteiger partial charge in [0, 0.05) is 26.0 Å². The summed E-state index contributed by atoms with van der Waals surface area (Å²) in [4.78, 5) is 9.95. The van der Waals surface area contributed by atoms with Gasteiger partial charge in [-0.2, -0.15) is 0 Å². The minimum Gasteiger partial charge on any atom is -0.468 e. The van der Waals surface area contributed by atoms with Crippen LogP contribution >= 0.6 is 0 Å². The summed E-state index contributed by atoms with van der Waals surface area (Å²) in [5, 5.41) is 0. The van der Waals surface area contributed by atoms with E-state index in [-0.39, 0.29) is 12.1 Å². The van der Waals surface area contributed by atoms with E-state index >= 15 is 0 Å². The zero-order valence-corrected chi connectivity index (χ0v) is 11.3. The average Bonchev–Trinajstić information content (AvgIpc) is 3.11. The molecule has 1 unspecified atom stereocenters. The second kappa shape index (κ2) is 5.19. The van der Waals surface area contributed by atoms with Gasteiger partial charge >= 0.3 is 0 Å². The third-order valence-corrected chi connectivity index (χ3v) is 3.85. The Labute approximate surface area is 112 Å². The predicted molar refractivity (Wildman–Crippen MR) is 70.6 cm³/mol. The molecular weight excluding hydrogens is 242 g/mol. The molecule has 0 bridgehead atoms. The zero-order valence-electron chi connectivity index (χ0n) is 11.3. The molecule has 3 rings (SSSR count). The van der Waals surface area contributed by atoms with Crippen molar-refractivity contribution in [3.8, 4) is 0 Å². The van der Waals surface area contributed by atoms with Gasteiger partial charge < -0.3 is 14.1 Å². The summed E-state index contributed by atoms with van der Waals surface area (Å²) in [6, 6.07) is 2.27. The van der Waals surface area contributed by atoms with Gasteiger partial charge in [0.05, 0.1) is 25.0 Å². The van der Waals surface area contributed by atoms with Crippen molar-refractivity contribution in [3.05, 3.63) is 41.9 Å². The predicted octanol–water partition coefficient (Wildman–Crippen LogP) is 2.27. The second-order valence-corrected chi connectivity index (χ2v) is 5.04. The van der Waals surface area contributed by atoms with Crippen LogP contribution in [0.5, 0.6) is 0 Å². The first-order valence-electron chi connectivity index (χ1n) is 6.57. The maximum Gasteiger partial charge on any atom is 0.123 e. The van der Waals surface area contributed by atoms with Gasteiger partial charge in [-0.3, -0.25) is 4.90 Å². The molecule has 102 valence electrons. The van der Waals surface area contributed by atoms with Crippen LogP contribution in [0.3, 0.4) is 0 Å². The number of furan rings is 1. The molecule has 0 aromatic carbocycles. The molecule has 2 aromatic rings. The fraction of sp³-hybridized carbons (Fsp3) is 0.500. The molecule has 5 heteroatoms. The topological polar surface area (TPSA) is 54.3 Å². The number of aryl methyl sites for hydroxylation is 1. The molecule has 1 aliphatic rings. The summed E-state index contributed by atoms with van der Waals surface area (Å²) in [6.07, 6.45) is 6.63. The van der Waals surface area contributed by atoms with Gasteiger partial charge in [0.1, 0.15) is 11.6 Å². The summed E-state index contributed by atoms with van der Waals surface area (Å²) in [7, 11) is 1.77. The summed E-state index contributed by atoms with van der Waals surface area (Å²) in [6.45, 7) is 3.77. The fourth-order valence-electron chi connectivity index (χ4n) is 2.70. The largest absolute Gasteiger partial charge is 0.468 e. The molecule has 2 aromatic heterocycles. The maximum atomic E-state index is 5.55. The second-order valence-electron chi connectivity index (χ2n) is 5.04. The molecule has 0 aliphatic carbocycles. The Bertz CT molecular complexity index is 521. The highest BCUT2D eigenvalue weighted by atomic mass is 16.5. The summed E-state index contributed by atoms with van der Waals surface area (Å²) < 4.78 is 11.1. The zero-order chi connectivity index (χ0) is 13.2. The number of nitrogens with zero attached hydrogens (tertiary/aromatic N) is 2. The van der Waals surface area contributed by atoms with Crippen LogP contribution in [0.25, 0.3) is 0 Å². The first kappa shape index (κ1) is 12.4. The summed E-state index contributed by atoms with van der Waals surface area (Å²) >= 11 is 0. The third kappa shape index (κ3) is 2.43. The normalized spacial score (nSPS) is 24.1. The Morgan fingerprint density at radius 3 is 3.11 bits per heavy atom. The standard InChI is InChI=1S/C14H19N3O2/c1-10-3-6-19-13(10)9-17-8-11(18-2)7-12(17)14-15-4-5-16-14/h3-6,11-12H,7-9H2,1-2H3,(H,15,16)/t11-,12?/m1/s1. The van der Waals surface area contributed by atoms with E-state index in [2.05, 4.69) is 21.8 Å². The molecule has 0 saturated carbocycles. The van der Waals surface area contributed by atoms with E-state index in [1.165, 1.54) is 5.56 Å². The van der Waals surface area contributed by atoms with Crippen molar-refractivity contribution in [2.75, 3.05) is 13.7 Å². The van der Waals surface area contributed by atoms with E-state index < -0.39 is 0 Å². The van der Waals surface area contributed by atoms with Crippen molar-refractivity contribution in [1.82, 2.24) is 14.9 Å². The smallest absolute Gasteiger partial charge is 0.123 e. The minimum atomic E-state index is 0.255. The lowest BCUT2D eigenvalue weighted by molar-refractivity contribution is 0.106. The van der Waals surface area contributed by atoms with E-state index in [0.29, 0.717) is 0 Å². The van der Waals surface area contributed by atoms with Crippen LogP contribution in [0.15, 0.2) is 29.1 Å². The number of hydrogen-bond donors (Lipinski definition) is 1. The van der Waals surface area contributed by atoms with E-state index in [1.54, 1.807) is 19.6 Å². The molecule has 2 atom stereocenters. The molecule has 5 nitrogen and oxygen atoms in total. The maximum absolute atomic E-state index is 5.55. The number of aromatic amines is 1. The number of H-pyrrole nitrogens is 1. The van der Waals surface area contributed by atoms with Crippen LogP contribution in [0.1, 0.15) is 29.6 Å². The molecule has 1 fully saturated rings. The Balaban J connectivity index is 1.79. The molecule has 0 radical (unpaired) electrons. The van der Waals surface area contributed by atoms with Crippen molar-refractivity contribution in [2.24, 2.45) is 0 Å². The Morgan fingerprint density at radius 2 is 2.47 bits per heavy atom. The van der Waals surface area contributed by atoms with E-state index in [4.69, 9.17) is 9.15 Å². The van der Waals surface area contributed by atoms with E-state index in [1.807, 2.05) is 12.3 Å². The SMILES string of the molecule is CO[C@@H]1CC(c2ncc[nH]2)N(Cc2occc2C)C1. The van der Waals surface area contributed by atoms with E-state index in [9.17, 15) is 0 Å². The van der Waals surface area contributed by atoms with Gasteiger partial charge in [-0.05, 0) is 25.0 Å². The lowest BCUT2D eigenvalue weighted by Gasteiger charge is -2.21. The van der Waals surface area contributed by atoms with Crippen molar-refractivity contribution in [2.45, 2.75) is 32.0 Å². The molecule has 0 spiro atoms. The number of nitrogens with one attached hydrogen (secondary N) is 1. The van der Waals surface area contributed by atoms with Crippen LogP contribution in [-0.2, 0) is 11.3 Å². The van der Waals surface area contributed by atoms with Crippen molar-refractivity contribution in [1.29, 1.82) is 0 Å². The Kier molecular flexibility index (Phi) is 3.40. The number of likely N-dealkylation sites (tertiary alicyclic amines) is 1. The van der Waals surface area contributed by atoms with Crippen LogP contribution in [-0.4, -0.2) is 34.6 Å². The Hall–Kier alpha value is -1.59. The van der Waals surface area contributed by atoms with Gasteiger partial charge in [0.2, 0.25) is 0 Å². The number of rotatable bonds is 4. The number of methoxy groups -OCH3 is 1. The Morgan fingerprint density at radius 1 is 1.58 bits per heavy atom.